The predicted octanol–water partition coefficient (Wildman–Crippen LogP) is 1.79. The van der Waals surface area contributed by atoms with Gasteiger partial charge in [-0.1, -0.05) is 22.0 Å². The quantitative estimate of drug-likeness (QED) is 0.887. The maximum Gasteiger partial charge on any atom is 0.241 e. The van der Waals surface area contributed by atoms with E-state index in [9.17, 15) is 8.42 Å². The molecule has 1 atom stereocenters. The molecule has 2 rings (SSSR count). The van der Waals surface area contributed by atoms with Crippen LogP contribution in [0, 0.1) is 6.92 Å². The number of hydrogen-bond acceptors (Lipinski definition) is 3. The fraction of sp³-hybridized carbons (Fsp3) is 0.500. The van der Waals surface area contributed by atoms with E-state index in [1.54, 1.807) is 19.1 Å². The van der Waals surface area contributed by atoms with Gasteiger partial charge >= 0.3 is 0 Å². The van der Waals surface area contributed by atoms with E-state index in [2.05, 4.69) is 26.0 Å². The lowest BCUT2D eigenvalue weighted by Crippen LogP contribution is -2.47. The molecule has 1 unspecified atom stereocenters. The van der Waals surface area contributed by atoms with Gasteiger partial charge in [-0.15, -0.1) is 0 Å². The van der Waals surface area contributed by atoms with Crippen LogP contribution >= 0.6 is 15.9 Å². The summed E-state index contributed by atoms with van der Waals surface area (Å²) >= 11 is 3.31. The van der Waals surface area contributed by atoms with Crippen molar-refractivity contribution in [2.24, 2.45) is 0 Å². The molecular formula is C12H17BrN2O2S. The molecule has 1 aromatic rings. The minimum Gasteiger partial charge on any atom is -0.315 e. The number of rotatable bonds is 3. The Balaban J connectivity index is 2.33. The average Bonchev–Trinajstić information content (AvgIpc) is 2.67. The molecule has 1 saturated heterocycles. The Hall–Kier alpha value is -0.430. The smallest absolute Gasteiger partial charge is 0.241 e. The Morgan fingerprint density at radius 2 is 2.17 bits per heavy atom. The van der Waals surface area contributed by atoms with E-state index >= 15 is 0 Å². The molecule has 0 radical (unpaired) electrons. The molecule has 2 N–H and O–H groups in total. The van der Waals surface area contributed by atoms with Crippen LogP contribution in [0.15, 0.2) is 27.6 Å². The Labute approximate surface area is 116 Å². The summed E-state index contributed by atoms with van der Waals surface area (Å²) in [4.78, 5) is 0.338. The van der Waals surface area contributed by atoms with Gasteiger partial charge in [-0.05, 0) is 44.5 Å². The van der Waals surface area contributed by atoms with Crippen LogP contribution in [-0.4, -0.2) is 27.0 Å². The number of sulfonamides is 1. The van der Waals surface area contributed by atoms with Gasteiger partial charge in [0.15, 0.2) is 0 Å². The lowest BCUT2D eigenvalue weighted by Gasteiger charge is -2.24. The number of aryl methyl sites for hydroxylation is 1. The van der Waals surface area contributed by atoms with E-state index in [4.69, 9.17) is 0 Å². The van der Waals surface area contributed by atoms with Gasteiger partial charge in [-0.2, -0.15) is 0 Å². The van der Waals surface area contributed by atoms with Crippen LogP contribution < -0.4 is 10.0 Å². The predicted molar refractivity (Wildman–Crippen MR) is 75.1 cm³/mol. The highest BCUT2D eigenvalue weighted by atomic mass is 79.9. The van der Waals surface area contributed by atoms with Gasteiger partial charge in [0.2, 0.25) is 10.0 Å². The maximum atomic E-state index is 12.4. The lowest BCUT2D eigenvalue weighted by molar-refractivity contribution is 0.452. The van der Waals surface area contributed by atoms with Gasteiger partial charge in [-0.25, -0.2) is 13.1 Å². The first-order valence-corrected chi connectivity index (χ1v) is 8.11. The van der Waals surface area contributed by atoms with Crippen LogP contribution in [0.5, 0.6) is 0 Å². The van der Waals surface area contributed by atoms with Crippen LogP contribution in [0.4, 0.5) is 0 Å². The number of halogens is 1. The minimum absolute atomic E-state index is 0.338. The van der Waals surface area contributed by atoms with E-state index in [-0.39, 0.29) is 0 Å². The zero-order valence-corrected chi connectivity index (χ0v) is 12.9. The largest absolute Gasteiger partial charge is 0.315 e. The van der Waals surface area contributed by atoms with Gasteiger partial charge in [0.05, 0.1) is 4.90 Å². The van der Waals surface area contributed by atoms with Crippen molar-refractivity contribution >= 4 is 26.0 Å². The third-order valence-corrected chi connectivity index (χ3v) is 5.46. The van der Waals surface area contributed by atoms with Crippen molar-refractivity contribution in [2.45, 2.75) is 30.7 Å². The third kappa shape index (κ3) is 2.93. The Bertz CT molecular complexity index is 551. The molecule has 6 heteroatoms. The number of benzene rings is 1. The van der Waals surface area contributed by atoms with Gasteiger partial charge in [0.1, 0.15) is 0 Å². The normalized spacial score (nSPS) is 24.4. The molecule has 1 aromatic carbocycles. The molecule has 0 amide bonds. The monoisotopic (exact) mass is 332 g/mol. The average molecular weight is 333 g/mol. The van der Waals surface area contributed by atoms with Crippen molar-refractivity contribution < 1.29 is 8.42 Å². The molecule has 1 fully saturated rings. The zero-order valence-electron chi connectivity index (χ0n) is 10.5. The number of hydrogen-bond donors (Lipinski definition) is 2. The second-order valence-electron chi connectivity index (χ2n) is 5.00. The lowest BCUT2D eigenvalue weighted by atomic mass is 10.0. The highest BCUT2D eigenvalue weighted by Crippen LogP contribution is 2.23. The molecule has 4 nitrogen and oxygen atoms in total. The Morgan fingerprint density at radius 1 is 1.44 bits per heavy atom. The van der Waals surface area contributed by atoms with Crippen LogP contribution in [0.3, 0.4) is 0 Å². The fourth-order valence-electron chi connectivity index (χ4n) is 2.15. The molecular weight excluding hydrogens is 316 g/mol. The van der Waals surface area contributed by atoms with Crippen molar-refractivity contribution in [1.82, 2.24) is 10.0 Å². The summed E-state index contributed by atoms with van der Waals surface area (Å²) in [5.41, 5.74) is 0.355. The van der Waals surface area contributed by atoms with E-state index in [1.807, 2.05) is 13.0 Å². The van der Waals surface area contributed by atoms with Crippen LogP contribution in [0.1, 0.15) is 18.9 Å². The summed E-state index contributed by atoms with van der Waals surface area (Å²) in [5, 5.41) is 3.18. The summed E-state index contributed by atoms with van der Waals surface area (Å²) in [6, 6.07) is 5.28. The molecule has 0 bridgehead atoms. The van der Waals surface area contributed by atoms with E-state index in [0.717, 1.165) is 23.0 Å². The second-order valence-corrected chi connectivity index (χ2v) is 7.57. The third-order valence-electron chi connectivity index (χ3n) is 3.19. The minimum atomic E-state index is -3.48. The van der Waals surface area contributed by atoms with E-state index in [0.29, 0.717) is 11.4 Å². The van der Waals surface area contributed by atoms with Crippen molar-refractivity contribution in [3.8, 4) is 0 Å². The van der Waals surface area contributed by atoms with Crippen molar-refractivity contribution in [3.05, 3.63) is 28.2 Å². The first-order chi connectivity index (χ1) is 8.32. The van der Waals surface area contributed by atoms with E-state index in [1.165, 1.54) is 0 Å². The second kappa shape index (κ2) is 4.92. The SMILES string of the molecule is Cc1ccc(Br)cc1S(=O)(=O)NC1(C)CCNC1. The van der Waals surface area contributed by atoms with E-state index < -0.39 is 15.6 Å². The topological polar surface area (TPSA) is 58.2 Å². The van der Waals surface area contributed by atoms with Gasteiger partial charge in [-0.3, -0.25) is 0 Å². The standard InChI is InChI=1S/C12H17BrN2O2S/c1-9-3-4-10(13)7-11(9)18(16,17)15-12(2)5-6-14-8-12/h3-4,7,14-15H,5-6,8H2,1-2H3. The summed E-state index contributed by atoms with van der Waals surface area (Å²) < 4.78 is 28.4. The first-order valence-electron chi connectivity index (χ1n) is 5.83. The molecule has 0 aliphatic carbocycles. The molecule has 1 aliphatic rings. The molecule has 0 spiro atoms. The first kappa shape index (κ1) is 14.0. The highest BCUT2D eigenvalue weighted by Gasteiger charge is 2.34. The van der Waals surface area contributed by atoms with Crippen molar-refractivity contribution in [2.75, 3.05) is 13.1 Å². The van der Waals surface area contributed by atoms with Crippen molar-refractivity contribution in [3.63, 3.8) is 0 Å². The fourth-order valence-corrected chi connectivity index (χ4v) is 4.37. The Kier molecular flexibility index (Phi) is 3.82. The van der Waals surface area contributed by atoms with Gasteiger partial charge in [0, 0.05) is 16.6 Å². The maximum absolute atomic E-state index is 12.4. The van der Waals surface area contributed by atoms with Crippen LogP contribution in [-0.2, 0) is 10.0 Å². The molecule has 18 heavy (non-hydrogen) atoms. The van der Waals surface area contributed by atoms with Gasteiger partial charge in [0.25, 0.3) is 0 Å². The zero-order chi connectivity index (χ0) is 13.4. The molecule has 100 valence electrons. The molecule has 1 aliphatic heterocycles. The van der Waals surface area contributed by atoms with Crippen LogP contribution in [0.25, 0.3) is 0 Å². The molecule has 0 aromatic heterocycles. The summed E-state index contributed by atoms with van der Waals surface area (Å²) in [7, 11) is -3.48. The number of nitrogens with one attached hydrogen (secondary N) is 2. The van der Waals surface area contributed by atoms with Crippen molar-refractivity contribution in [1.29, 1.82) is 0 Å². The summed E-state index contributed by atoms with van der Waals surface area (Å²) in [6.07, 6.45) is 0.805. The molecule has 0 saturated carbocycles. The summed E-state index contributed by atoms with van der Waals surface area (Å²) in [6.45, 7) is 5.24. The molecule has 1 heterocycles. The summed E-state index contributed by atoms with van der Waals surface area (Å²) in [5.74, 6) is 0. The van der Waals surface area contributed by atoms with Gasteiger partial charge < -0.3 is 5.32 Å². The Morgan fingerprint density at radius 3 is 2.78 bits per heavy atom. The highest BCUT2D eigenvalue weighted by molar-refractivity contribution is 9.10. The van der Waals surface area contributed by atoms with Crippen LogP contribution in [0.2, 0.25) is 0 Å².